The van der Waals surface area contributed by atoms with Crippen molar-refractivity contribution in [2.24, 2.45) is 10.7 Å². The molecular formula is C15H25N3O2. The minimum atomic E-state index is 0.133. The van der Waals surface area contributed by atoms with Crippen LogP contribution in [0.4, 0.5) is 0 Å². The van der Waals surface area contributed by atoms with E-state index in [1.165, 1.54) is 5.56 Å². The Labute approximate surface area is 121 Å². The molecule has 20 heavy (non-hydrogen) atoms. The van der Waals surface area contributed by atoms with Crippen LogP contribution in [0.1, 0.15) is 25.0 Å². The SMILES string of the molecule is CCOc1cc(C)ccc1CN=C(N)NC(C)COC. The molecule has 5 heteroatoms. The average Bonchev–Trinajstić information content (AvgIpc) is 2.38. The monoisotopic (exact) mass is 279 g/mol. The second-order valence-electron chi connectivity index (χ2n) is 4.75. The smallest absolute Gasteiger partial charge is 0.189 e. The highest BCUT2D eigenvalue weighted by atomic mass is 16.5. The zero-order chi connectivity index (χ0) is 15.0. The van der Waals surface area contributed by atoms with Gasteiger partial charge in [-0.25, -0.2) is 4.99 Å². The highest BCUT2D eigenvalue weighted by molar-refractivity contribution is 5.78. The van der Waals surface area contributed by atoms with E-state index in [1.54, 1.807) is 7.11 Å². The molecule has 0 aliphatic carbocycles. The molecule has 0 saturated carbocycles. The van der Waals surface area contributed by atoms with Crippen molar-refractivity contribution >= 4 is 5.96 Å². The van der Waals surface area contributed by atoms with Gasteiger partial charge in [0.1, 0.15) is 5.75 Å². The normalized spacial score (nSPS) is 13.1. The van der Waals surface area contributed by atoms with Gasteiger partial charge in [-0.05, 0) is 32.4 Å². The van der Waals surface area contributed by atoms with E-state index in [4.69, 9.17) is 15.2 Å². The van der Waals surface area contributed by atoms with Crippen LogP contribution in [0.25, 0.3) is 0 Å². The fourth-order valence-corrected chi connectivity index (χ4v) is 1.84. The van der Waals surface area contributed by atoms with Crippen molar-refractivity contribution < 1.29 is 9.47 Å². The second kappa shape index (κ2) is 8.43. The maximum absolute atomic E-state index is 5.85. The summed E-state index contributed by atoms with van der Waals surface area (Å²) in [5.74, 6) is 1.28. The predicted molar refractivity (Wildman–Crippen MR) is 82.1 cm³/mol. The third-order valence-corrected chi connectivity index (χ3v) is 2.75. The van der Waals surface area contributed by atoms with Gasteiger partial charge in [-0.15, -0.1) is 0 Å². The Hall–Kier alpha value is -1.75. The van der Waals surface area contributed by atoms with E-state index in [1.807, 2.05) is 39.0 Å². The first kappa shape index (κ1) is 16.3. The average molecular weight is 279 g/mol. The number of benzene rings is 1. The third-order valence-electron chi connectivity index (χ3n) is 2.75. The maximum atomic E-state index is 5.85. The van der Waals surface area contributed by atoms with Gasteiger partial charge in [0.25, 0.3) is 0 Å². The number of guanidine groups is 1. The molecule has 0 aromatic heterocycles. The largest absolute Gasteiger partial charge is 0.494 e. The molecule has 0 spiro atoms. The van der Waals surface area contributed by atoms with Crippen molar-refractivity contribution in [3.05, 3.63) is 29.3 Å². The Bertz CT molecular complexity index is 447. The van der Waals surface area contributed by atoms with Crippen molar-refractivity contribution in [2.45, 2.75) is 33.4 Å². The number of hydrogen-bond acceptors (Lipinski definition) is 3. The number of ether oxygens (including phenoxy) is 2. The molecule has 1 unspecified atom stereocenters. The van der Waals surface area contributed by atoms with Crippen LogP contribution < -0.4 is 15.8 Å². The van der Waals surface area contributed by atoms with Crippen LogP contribution in [-0.4, -0.2) is 32.3 Å². The topological polar surface area (TPSA) is 68.9 Å². The van der Waals surface area contributed by atoms with E-state index in [0.717, 1.165) is 11.3 Å². The van der Waals surface area contributed by atoms with Gasteiger partial charge in [0.2, 0.25) is 0 Å². The van der Waals surface area contributed by atoms with Gasteiger partial charge in [0.05, 0.1) is 19.8 Å². The predicted octanol–water partition coefficient (Wildman–Crippen LogP) is 1.83. The van der Waals surface area contributed by atoms with Crippen molar-refractivity contribution in [1.82, 2.24) is 5.32 Å². The maximum Gasteiger partial charge on any atom is 0.189 e. The minimum absolute atomic E-state index is 0.133. The summed E-state index contributed by atoms with van der Waals surface area (Å²) in [6.45, 7) is 7.72. The molecule has 0 aliphatic heterocycles. The minimum Gasteiger partial charge on any atom is -0.494 e. The molecule has 112 valence electrons. The number of nitrogens with one attached hydrogen (secondary N) is 1. The van der Waals surface area contributed by atoms with Gasteiger partial charge >= 0.3 is 0 Å². The zero-order valence-electron chi connectivity index (χ0n) is 12.8. The van der Waals surface area contributed by atoms with Crippen LogP contribution in [-0.2, 0) is 11.3 Å². The van der Waals surface area contributed by atoms with Crippen molar-refractivity contribution in [3.63, 3.8) is 0 Å². The summed E-state index contributed by atoms with van der Waals surface area (Å²) in [6, 6.07) is 6.22. The van der Waals surface area contributed by atoms with E-state index < -0.39 is 0 Å². The Morgan fingerprint density at radius 3 is 2.85 bits per heavy atom. The number of methoxy groups -OCH3 is 1. The van der Waals surface area contributed by atoms with Crippen LogP contribution in [0.2, 0.25) is 0 Å². The lowest BCUT2D eigenvalue weighted by molar-refractivity contribution is 0.179. The summed E-state index contributed by atoms with van der Waals surface area (Å²) in [5.41, 5.74) is 8.05. The molecule has 1 atom stereocenters. The van der Waals surface area contributed by atoms with Gasteiger partial charge in [-0.2, -0.15) is 0 Å². The second-order valence-corrected chi connectivity index (χ2v) is 4.75. The number of nitrogens with two attached hydrogens (primary N) is 1. The molecule has 3 N–H and O–H groups in total. The third kappa shape index (κ3) is 5.48. The summed E-state index contributed by atoms with van der Waals surface area (Å²) >= 11 is 0. The molecule has 0 heterocycles. The van der Waals surface area contributed by atoms with E-state index in [9.17, 15) is 0 Å². The molecule has 1 aromatic carbocycles. The first-order chi connectivity index (χ1) is 9.56. The number of hydrogen-bond donors (Lipinski definition) is 2. The molecule has 0 fully saturated rings. The number of nitrogens with zero attached hydrogens (tertiary/aromatic N) is 1. The Morgan fingerprint density at radius 1 is 1.45 bits per heavy atom. The van der Waals surface area contributed by atoms with Crippen molar-refractivity contribution in [1.29, 1.82) is 0 Å². The fraction of sp³-hybridized carbons (Fsp3) is 0.533. The van der Waals surface area contributed by atoms with Gasteiger partial charge in [-0.1, -0.05) is 12.1 Å². The molecule has 5 nitrogen and oxygen atoms in total. The van der Waals surface area contributed by atoms with Crippen molar-refractivity contribution in [2.75, 3.05) is 20.3 Å². The van der Waals surface area contributed by atoms with Gasteiger partial charge < -0.3 is 20.5 Å². The van der Waals surface area contributed by atoms with Gasteiger partial charge in [0, 0.05) is 18.7 Å². The lowest BCUT2D eigenvalue weighted by Crippen LogP contribution is -2.40. The molecule has 0 saturated heterocycles. The van der Waals surface area contributed by atoms with Crippen LogP contribution in [0.5, 0.6) is 5.75 Å². The van der Waals surface area contributed by atoms with E-state index in [-0.39, 0.29) is 6.04 Å². The highest BCUT2D eigenvalue weighted by Crippen LogP contribution is 2.21. The van der Waals surface area contributed by atoms with Crippen LogP contribution in [0.3, 0.4) is 0 Å². The standard InChI is InChI=1S/C15H25N3O2/c1-5-20-14-8-11(2)6-7-13(14)9-17-15(16)18-12(3)10-19-4/h6-8,12H,5,9-10H2,1-4H3,(H3,16,17,18). The van der Waals surface area contributed by atoms with Crippen molar-refractivity contribution in [3.8, 4) is 5.75 Å². The molecule has 0 amide bonds. The summed E-state index contributed by atoms with van der Waals surface area (Å²) in [5, 5.41) is 3.08. The number of rotatable bonds is 7. The van der Waals surface area contributed by atoms with E-state index >= 15 is 0 Å². The zero-order valence-corrected chi connectivity index (χ0v) is 12.8. The quantitative estimate of drug-likeness (QED) is 0.590. The molecule has 0 bridgehead atoms. The lowest BCUT2D eigenvalue weighted by atomic mass is 10.1. The number of aliphatic imine (C=N–C) groups is 1. The summed E-state index contributed by atoms with van der Waals surface area (Å²) < 4.78 is 10.7. The van der Waals surface area contributed by atoms with Gasteiger partial charge in [0.15, 0.2) is 5.96 Å². The molecule has 0 radical (unpaired) electrons. The molecule has 0 aliphatic rings. The number of aryl methyl sites for hydroxylation is 1. The van der Waals surface area contributed by atoms with Gasteiger partial charge in [-0.3, -0.25) is 0 Å². The van der Waals surface area contributed by atoms with E-state index in [2.05, 4.69) is 10.3 Å². The molecular weight excluding hydrogens is 254 g/mol. The highest BCUT2D eigenvalue weighted by Gasteiger charge is 2.05. The molecule has 1 aromatic rings. The van der Waals surface area contributed by atoms with Crippen LogP contribution >= 0.6 is 0 Å². The lowest BCUT2D eigenvalue weighted by Gasteiger charge is -2.14. The van der Waals surface area contributed by atoms with E-state index in [0.29, 0.717) is 25.7 Å². The Kier molecular flexibility index (Phi) is 6.87. The summed E-state index contributed by atoms with van der Waals surface area (Å²) in [7, 11) is 1.66. The summed E-state index contributed by atoms with van der Waals surface area (Å²) in [4.78, 5) is 4.34. The Morgan fingerprint density at radius 2 is 2.20 bits per heavy atom. The van der Waals surface area contributed by atoms with Crippen LogP contribution in [0, 0.1) is 6.92 Å². The Balaban J connectivity index is 2.68. The molecule has 1 rings (SSSR count). The first-order valence-electron chi connectivity index (χ1n) is 6.84. The fourth-order valence-electron chi connectivity index (χ4n) is 1.84. The first-order valence-corrected chi connectivity index (χ1v) is 6.84. The summed E-state index contributed by atoms with van der Waals surface area (Å²) in [6.07, 6.45) is 0. The van der Waals surface area contributed by atoms with Crippen LogP contribution in [0.15, 0.2) is 23.2 Å².